The second kappa shape index (κ2) is 6.62. The van der Waals surface area contributed by atoms with Crippen molar-refractivity contribution in [3.05, 3.63) is 65.9 Å². The Kier molecular flexibility index (Phi) is 4.52. The largest absolute Gasteiger partial charge is 0.321 e. The first-order valence-corrected chi connectivity index (χ1v) is 9.09. The topological polar surface area (TPSA) is 88.2 Å². The summed E-state index contributed by atoms with van der Waals surface area (Å²) in [7, 11) is -2.29. The summed E-state index contributed by atoms with van der Waals surface area (Å²) in [5, 5.41) is 3.68. The number of carbonyl (C=O) groups excluding carboxylic acids is 1. The van der Waals surface area contributed by atoms with Crippen LogP contribution in [-0.2, 0) is 10.0 Å². The highest BCUT2D eigenvalue weighted by molar-refractivity contribution is 7.89. The van der Waals surface area contributed by atoms with Crippen LogP contribution in [0.2, 0.25) is 0 Å². The van der Waals surface area contributed by atoms with Gasteiger partial charge < -0.3 is 5.32 Å². The van der Waals surface area contributed by atoms with Gasteiger partial charge in [0.05, 0.1) is 22.3 Å². The third-order valence-corrected chi connectivity index (χ3v) is 5.29. The van der Waals surface area contributed by atoms with Crippen molar-refractivity contribution >= 4 is 32.5 Å². The molecule has 25 heavy (non-hydrogen) atoms. The first-order chi connectivity index (χ1) is 11.9. The summed E-state index contributed by atoms with van der Waals surface area (Å²) in [4.78, 5) is 16.9. The molecule has 1 amide bonds. The number of hydrogen-bond donors (Lipinski definition) is 2. The van der Waals surface area contributed by atoms with E-state index in [0.29, 0.717) is 16.8 Å². The van der Waals surface area contributed by atoms with Gasteiger partial charge in [-0.1, -0.05) is 24.3 Å². The molecule has 7 heteroatoms. The summed E-state index contributed by atoms with van der Waals surface area (Å²) in [6, 6.07) is 13.8. The van der Waals surface area contributed by atoms with Crippen LogP contribution >= 0.6 is 0 Å². The van der Waals surface area contributed by atoms with Crippen molar-refractivity contribution < 1.29 is 13.2 Å². The molecule has 0 aliphatic carbocycles. The molecular weight excluding hydrogens is 338 g/mol. The SMILES string of the molecule is CNS(=O)(=O)c1ccc(C)c(C(=O)Nc2cnc3ccccc3c2)c1. The monoisotopic (exact) mass is 355 g/mol. The quantitative estimate of drug-likeness (QED) is 0.753. The van der Waals surface area contributed by atoms with Crippen molar-refractivity contribution in [1.82, 2.24) is 9.71 Å². The van der Waals surface area contributed by atoms with Crippen LogP contribution in [0.5, 0.6) is 0 Å². The van der Waals surface area contributed by atoms with E-state index in [1.54, 1.807) is 19.2 Å². The van der Waals surface area contributed by atoms with Gasteiger partial charge in [0.15, 0.2) is 0 Å². The van der Waals surface area contributed by atoms with Crippen LogP contribution in [0.15, 0.2) is 59.6 Å². The molecule has 0 unspecified atom stereocenters. The molecule has 128 valence electrons. The Labute approximate surface area is 146 Å². The van der Waals surface area contributed by atoms with Crippen molar-refractivity contribution in [3.63, 3.8) is 0 Å². The number of rotatable bonds is 4. The van der Waals surface area contributed by atoms with Crippen LogP contribution in [0, 0.1) is 6.92 Å². The van der Waals surface area contributed by atoms with Gasteiger partial charge in [0.1, 0.15) is 0 Å². The van der Waals surface area contributed by atoms with Crippen LogP contribution < -0.4 is 10.0 Å². The fourth-order valence-corrected chi connectivity index (χ4v) is 3.22. The molecule has 0 bridgehead atoms. The second-order valence-corrected chi connectivity index (χ2v) is 7.44. The molecule has 0 atom stereocenters. The molecule has 0 saturated heterocycles. The Bertz CT molecular complexity index is 1060. The fourth-order valence-electron chi connectivity index (χ4n) is 2.47. The fraction of sp³-hybridized carbons (Fsp3) is 0.111. The molecule has 2 N–H and O–H groups in total. The van der Waals surface area contributed by atoms with Crippen LogP contribution in [0.4, 0.5) is 5.69 Å². The van der Waals surface area contributed by atoms with E-state index in [1.807, 2.05) is 30.3 Å². The van der Waals surface area contributed by atoms with Crippen molar-refractivity contribution in [2.24, 2.45) is 0 Å². The van der Waals surface area contributed by atoms with E-state index >= 15 is 0 Å². The average molecular weight is 355 g/mol. The molecule has 0 fully saturated rings. The van der Waals surface area contributed by atoms with E-state index < -0.39 is 10.0 Å². The van der Waals surface area contributed by atoms with Gasteiger partial charge in [0.25, 0.3) is 5.91 Å². The summed E-state index contributed by atoms with van der Waals surface area (Å²) < 4.78 is 26.1. The predicted octanol–water partition coefficient (Wildman–Crippen LogP) is 2.70. The number of para-hydroxylation sites is 1. The summed E-state index contributed by atoms with van der Waals surface area (Å²) in [6.45, 7) is 1.75. The number of nitrogens with zero attached hydrogens (tertiary/aromatic N) is 1. The molecule has 3 rings (SSSR count). The van der Waals surface area contributed by atoms with Crippen LogP contribution in [0.3, 0.4) is 0 Å². The highest BCUT2D eigenvalue weighted by Crippen LogP contribution is 2.19. The third-order valence-electron chi connectivity index (χ3n) is 3.88. The zero-order valence-corrected chi connectivity index (χ0v) is 14.6. The van der Waals surface area contributed by atoms with Gasteiger partial charge in [0.2, 0.25) is 10.0 Å². The minimum atomic E-state index is -3.61. The molecule has 0 radical (unpaired) electrons. The van der Waals surface area contributed by atoms with Crippen LogP contribution in [0.1, 0.15) is 15.9 Å². The van der Waals surface area contributed by atoms with E-state index in [-0.39, 0.29) is 10.8 Å². The van der Waals surface area contributed by atoms with Gasteiger partial charge in [-0.2, -0.15) is 0 Å². The lowest BCUT2D eigenvalue weighted by molar-refractivity contribution is 0.102. The molecule has 0 aliphatic rings. The van der Waals surface area contributed by atoms with E-state index in [1.165, 1.54) is 19.2 Å². The maximum absolute atomic E-state index is 12.6. The third kappa shape index (κ3) is 3.52. The van der Waals surface area contributed by atoms with Gasteiger partial charge in [-0.25, -0.2) is 13.1 Å². The molecule has 6 nitrogen and oxygen atoms in total. The van der Waals surface area contributed by atoms with Crippen molar-refractivity contribution in [3.8, 4) is 0 Å². The predicted molar refractivity (Wildman–Crippen MR) is 97.1 cm³/mol. The molecule has 0 aliphatic heterocycles. The smallest absolute Gasteiger partial charge is 0.256 e. The highest BCUT2D eigenvalue weighted by atomic mass is 32.2. The molecule has 0 saturated carbocycles. The minimum Gasteiger partial charge on any atom is -0.321 e. The van der Waals surface area contributed by atoms with Crippen molar-refractivity contribution in [2.45, 2.75) is 11.8 Å². The Balaban J connectivity index is 1.93. The van der Waals surface area contributed by atoms with Crippen molar-refractivity contribution in [2.75, 3.05) is 12.4 Å². The summed E-state index contributed by atoms with van der Waals surface area (Å²) in [6.07, 6.45) is 1.57. The Morgan fingerprint density at radius 1 is 1.08 bits per heavy atom. The highest BCUT2D eigenvalue weighted by Gasteiger charge is 2.16. The number of aromatic nitrogens is 1. The van der Waals surface area contributed by atoms with Crippen molar-refractivity contribution in [1.29, 1.82) is 0 Å². The number of hydrogen-bond acceptors (Lipinski definition) is 4. The zero-order valence-electron chi connectivity index (χ0n) is 13.8. The number of aryl methyl sites for hydroxylation is 1. The number of amides is 1. The lowest BCUT2D eigenvalue weighted by atomic mass is 10.1. The van der Waals surface area contributed by atoms with Gasteiger partial charge in [-0.15, -0.1) is 0 Å². The summed E-state index contributed by atoms with van der Waals surface area (Å²) in [5.74, 6) is -0.386. The molecule has 0 spiro atoms. The van der Waals surface area contributed by atoms with E-state index in [9.17, 15) is 13.2 Å². The molecular formula is C18H17N3O3S. The maximum Gasteiger partial charge on any atom is 0.256 e. The summed E-state index contributed by atoms with van der Waals surface area (Å²) in [5.41, 5.74) is 2.36. The van der Waals surface area contributed by atoms with E-state index in [0.717, 1.165) is 10.9 Å². The number of benzene rings is 2. The second-order valence-electron chi connectivity index (χ2n) is 5.56. The van der Waals surface area contributed by atoms with E-state index in [2.05, 4.69) is 15.0 Å². The zero-order chi connectivity index (χ0) is 18.0. The number of carbonyl (C=O) groups is 1. The lowest BCUT2D eigenvalue weighted by Crippen LogP contribution is -2.20. The Morgan fingerprint density at radius 2 is 1.84 bits per heavy atom. The molecule has 1 heterocycles. The first kappa shape index (κ1) is 17.1. The molecule has 2 aromatic carbocycles. The maximum atomic E-state index is 12.6. The van der Waals surface area contributed by atoms with Crippen LogP contribution in [0.25, 0.3) is 10.9 Å². The number of anilines is 1. The summed E-state index contributed by atoms with van der Waals surface area (Å²) >= 11 is 0. The lowest BCUT2D eigenvalue weighted by Gasteiger charge is -2.10. The van der Waals surface area contributed by atoms with E-state index in [4.69, 9.17) is 0 Å². The van der Waals surface area contributed by atoms with Gasteiger partial charge in [-0.3, -0.25) is 9.78 Å². The number of pyridine rings is 1. The number of nitrogens with one attached hydrogen (secondary N) is 2. The Morgan fingerprint density at radius 3 is 2.60 bits per heavy atom. The Hall–Kier alpha value is -2.77. The van der Waals surface area contributed by atoms with Gasteiger partial charge in [-0.05, 0) is 43.8 Å². The van der Waals surface area contributed by atoms with Crippen LogP contribution in [-0.4, -0.2) is 26.4 Å². The number of sulfonamides is 1. The van der Waals surface area contributed by atoms with Gasteiger partial charge >= 0.3 is 0 Å². The molecule has 3 aromatic rings. The minimum absolute atomic E-state index is 0.0439. The molecule has 1 aromatic heterocycles. The average Bonchev–Trinajstić information content (AvgIpc) is 2.61. The normalized spacial score (nSPS) is 11.4. The number of fused-ring (bicyclic) bond motifs is 1. The van der Waals surface area contributed by atoms with Gasteiger partial charge in [0, 0.05) is 10.9 Å². The first-order valence-electron chi connectivity index (χ1n) is 7.61. The standard InChI is InChI=1S/C18H17N3O3S/c1-12-7-8-15(25(23,24)19-2)10-16(12)18(22)21-14-9-13-5-3-4-6-17(13)20-11-14/h3-11,19H,1-2H3,(H,21,22).